The van der Waals surface area contributed by atoms with Gasteiger partial charge in [-0.25, -0.2) is 8.42 Å². The van der Waals surface area contributed by atoms with Crippen LogP contribution in [0.15, 0.2) is 60.3 Å². The third kappa shape index (κ3) is 5.32. The van der Waals surface area contributed by atoms with E-state index in [2.05, 4.69) is 9.88 Å². The Labute approximate surface area is 184 Å². The molecule has 1 amide bonds. The molecule has 164 valence electrons. The quantitative estimate of drug-likeness (QED) is 0.714. The molecule has 0 aliphatic carbocycles. The fourth-order valence-electron chi connectivity index (χ4n) is 4.18. The molecule has 3 heterocycles. The van der Waals surface area contributed by atoms with Gasteiger partial charge in [0.1, 0.15) is 0 Å². The molecule has 4 rings (SSSR count). The maximum atomic E-state index is 13.0. The lowest BCUT2D eigenvalue weighted by Gasteiger charge is -2.38. The lowest BCUT2D eigenvalue weighted by atomic mass is 9.94. The Morgan fingerprint density at radius 1 is 0.903 bits per heavy atom. The maximum Gasteiger partial charge on any atom is 0.236 e. The van der Waals surface area contributed by atoms with Crippen molar-refractivity contribution in [1.82, 2.24) is 14.2 Å². The van der Waals surface area contributed by atoms with Crippen LogP contribution in [0, 0.1) is 5.92 Å². The van der Waals surface area contributed by atoms with Crippen LogP contribution < -0.4 is 4.90 Å². The predicted octanol–water partition coefficient (Wildman–Crippen LogP) is 2.44. The number of benzene rings is 1. The Kier molecular flexibility index (Phi) is 6.67. The van der Waals surface area contributed by atoms with Gasteiger partial charge in [-0.05, 0) is 36.6 Å². The number of piperidine rings is 1. The zero-order chi connectivity index (χ0) is 21.7. The first-order valence-electron chi connectivity index (χ1n) is 10.7. The van der Waals surface area contributed by atoms with Crippen LogP contribution in [0.1, 0.15) is 18.4 Å². The van der Waals surface area contributed by atoms with E-state index in [1.54, 1.807) is 18.5 Å². The van der Waals surface area contributed by atoms with Crippen molar-refractivity contribution < 1.29 is 13.2 Å². The summed E-state index contributed by atoms with van der Waals surface area (Å²) in [4.78, 5) is 21.2. The van der Waals surface area contributed by atoms with Gasteiger partial charge < -0.3 is 9.80 Å². The molecule has 0 radical (unpaired) electrons. The Balaban J connectivity index is 1.28. The van der Waals surface area contributed by atoms with Gasteiger partial charge in [-0.2, -0.15) is 4.31 Å². The van der Waals surface area contributed by atoms with Crippen molar-refractivity contribution in [3.8, 4) is 0 Å². The van der Waals surface area contributed by atoms with Crippen LogP contribution in [0.5, 0.6) is 0 Å². The van der Waals surface area contributed by atoms with E-state index in [0.29, 0.717) is 26.2 Å². The van der Waals surface area contributed by atoms with E-state index in [9.17, 15) is 13.2 Å². The van der Waals surface area contributed by atoms with E-state index in [4.69, 9.17) is 0 Å². The minimum atomic E-state index is -3.49. The van der Waals surface area contributed by atoms with Gasteiger partial charge in [0, 0.05) is 68.7 Å². The SMILES string of the molecule is O=C(C1CCN(c2ccncc2)CC1)N1CCN(S(=O)(=O)C=Cc2ccccc2)CC1. The number of carbonyl (C=O) groups is 1. The zero-order valence-electron chi connectivity index (χ0n) is 17.5. The minimum absolute atomic E-state index is 0.0132. The third-order valence-electron chi connectivity index (χ3n) is 6.01. The van der Waals surface area contributed by atoms with Crippen LogP contribution in [0.3, 0.4) is 0 Å². The van der Waals surface area contributed by atoms with Gasteiger partial charge in [-0.15, -0.1) is 0 Å². The number of pyridine rings is 1. The highest BCUT2D eigenvalue weighted by Gasteiger charge is 2.32. The Morgan fingerprint density at radius 2 is 1.55 bits per heavy atom. The predicted molar refractivity (Wildman–Crippen MR) is 122 cm³/mol. The first-order valence-corrected chi connectivity index (χ1v) is 12.2. The van der Waals surface area contributed by atoms with Crippen LogP contribution in [-0.2, 0) is 14.8 Å². The molecule has 0 N–H and O–H groups in total. The van der Waals surface area contributed by atoms with Crippen LogP contribution in [-0.4, -0.2) is 67.8 Å². The molecule has 2 saturated heterocycles. The van der Waals surface area contributed by atoms with E-state index in [-0.39, 0.29) is 11.8 Å². The number of sulfonamides is 1. The van der Waals surface area contributed by atoms with Crippen molar-refractivity contribution in [2.24, 2.45) is 5.92 Å². The molecule has 0 bridgehead atoms. The van der Waals surface area contributed by atoms with Crippen molar-refractivity contribution in [1.29, 1.82) is 0 Å². The van der Waals surface area contributed by atoms with Crippen molar-refractivity contribution in [3.63, 3.8) is 0 Å². The summed E-state index contributed by atoms with van der Waals surface area (Å²) in [5.41, 5.74) is 1.99. The second kappa shape index (κ2) is 9.62. The number of anilines is 1. The van der Waals surface area contributed by atoms with E-state index in [1.165, 1.54) is 9.71 Å². The second-order valence-corrected chi connectivity index (χ2v) is 9.77. The van der Waals surface area contributed by atoms with Gasteiger partial charge in [-0.1, -0.05) is 30.3 Å². The molecule has 7 nitrogen and oxygen atoms in total. The molecule has 2 fully saturated rings. The topological polar surface area (TPSA) is 73.8 Å². The van der Waals surface area contributed by atoms with Crippen molar-refractivity contribution >= 4 is 27.7 Å². The number of hydrogen-bond donors (Lipinski definition) is 0. The molecule has 31 heavy (non-hydrogen) atoms. The summed E-state index contributed by atoms with van der Waals surface area (Å²) in [6.45, 7) is 3.26. The number of rotatable bonds is 5. The molecule has 1 aromatic carbocycles. The van der Waals surface area contributed by atoms with Gasteiger partial charge >= 0.3 is 0 Å². The number of hydrogen-bond acceptors (Lipinski definition) is 5. The number of carbonyl (C=O) groups excluding carboxylic acids is 1. The Hall–Kier alpha value is -2.71. The molecule has 2 aliphatic rings. The fourth-order valence-corrected chi connectivity index (χ4v) is 5.35. The van der Waals surface area contributed by atoms with Gasteiger partial charge in [-0.3, -0.25) is 9.78 Å². The number of aromatic nitrogens is 1. The van der Waals surface area contributed by atoms with Gasteiger partial charge in [0.25, 0.3) is 0 Å². The monoisotopic (exact) mass is 440 g/mol. The fraction of sp³-hybridized carbons (Fsp3) is 0.391. The summed E-state index contributed by atoms with van der Waals surface area (Å²) < 4.78 is 26.7. The van der Waals surface area contributed by atoms with E-state index in [0.717, 1.165) is 37.2 Å². The Morgan fingerprint density at radius 3 is 2.19 bits per heavy atom. The van der Waals surface area contributed by atoms with Crippen molar-refractivity contribution in [2.75, 3.05) is 44.2 Å². The lowest BCUT2D eigenvalue weighted by Crippen LogP contribution is -2.52. The maximum absolute atomic E-state index is 13.0. The summed E-state index contributed by atoms with van der Waals surface area (Å²) in [7, 11) is -3.49. The van der Waals surface area contributed by atoms with Crippen molar-refractivity contribution in [3.05, 3.63) is 65.8 Å². The average Bonchev–Trinajstić information content (AvgIpc) is 2.84. The molecular weight excluding hydrogens is 412 g/mol. The lowest BCUT2D eigenvalue weighted by molar-refractivity contribution is -0.137. The molecular formula is C23H28N4O3S. The molecule has 0 unspecified atom stereocenters. The van der Waals surface area contributed by atoms with Crippen molar-refractivity contribution in [2.45, 2.75) is 12.8 Å². The highest BCUT2D eigenvalue weighted by Crippen LogP contribution is 2.25. The van der Waals surface area contributed by atoms with Crippen LogP contribution in [0.4, 0.5) is 5.69 Å². The van der Waals surface area contributed by atoms with Gasteiger partial charge in [0.05, 0.1) is 0 Å². The number of piperazine rings is 1. The molecule has 8 heteroatoms. The normalized spacial score (nSPS) is 19.1. The first kappa shape index (κ1) is 21.5. The molecule has 1 aromatic heterocycles. The van der Waals surface area contributed by atoms with E-state index >= 15 is 0 Å². The first-order chi connectivity index (χ1) is 15.0. The van der Waals surface area contributed by atoms with E-state index < -0.39 is 10.0 Å². The average molecular weight is 441 g/mol. The molecule has 0 atom stereocenters. The largest absolute Gasteiger partial charge is 0.371 e. The summed E-state index contributed by atoms with van der Waals surface area (Å²) in [6, 6.07) is 13.4. The second-order valence-electron chi connectivity index (χ2n) is 7.95. The molecule has 0 saturated carbocycles. The number of amides is 1. The standard InChI is InChI=1S/C23H28N4O3S/c28-23(21-8-13-25(14-9-21)22-6-11-24-12-7-22)26-15-17-27(18-16-26)31(29,30)19-10-20-4-2-1-3-5-20/h1-7,10-12,19,21H,8-9,13-18H2. The van der Waals surface area contributed by atoms with Crippen LogP contribution >= 0.6 is 0 Å². The van der Waals surface area contributed by atoms with Gasteiger partial charge in [0.2, 0.25) is 15.9 Å². The highest BCUT2D eigenvalue weighted by atomic mass is 32.2. The number of nitrogens with zero attached hydrogens (tertiary/aromatic N) is 4. The molecule has 0 spiro atoms. The van der Waals surface area contributed by atoms with E-state index in [1.807, 2.05) is 47.4 Å². The highest BCUT2D eigenvalue weighted by molar-refractivity contribution is 7.92. The van der Waals surface area contributed by atoms with Crippen LogP contribution in [0.25, 0.3) is 6.08 Å². The minimum Gasteiger partial charge on any atom is -0.371 e. The van der Waals surface area contributed by atoms with Crippen LogP contribution in [0.2, 0.25) is 0 Å². The smallest absolute Gasteiger partial charge is 0.236 e. The molecule has 2 aromatic rings. The Bertz CT molecular complexity index is 996. The summed E-state index contributed by atoms with van der Waals surface area (Å²) in [6.07, 6.45) is 6.83. The zero-order valence-corrected chi connectivity index (χ0v) is 18.3. The summed E-state index contributed by atoms with van der Waals surface area (Å²) in [5, 5.41) is 1.26. The molecule has 2 aliphatic heterocycles. The summed E-state index contributed by atoms with van der Waals surface area (Å²) >= 11 is 0. The van der Waals surface area contributed by atoms with Gasteiger partial charge in [0.15, 0.2) is 0 Å². The third-order valence-corrected chi connectivity index (χ3v) is 7.58. The summed E-state index contributed by atoms with van der Waals surface area (Å²) in [5.74, 6) is 0.172.